The number of aliphatic imine (C=N–C) groups is 1. The summed E-state index contributed by atoms with van der Waals surface area (Å²) >= 11 is 1.46. The number of likely N-dealkylation sites (tertiary alicyclic amines) is 1. The summed E-state index contributed by atoms with van der Waals surface area (Å²) < 4.78 is 18.2. The van der Waals surface area contributed by atoms with Crippen molar-refractivity contribution >= 4 is 35.3 Å². The van der Waals surface area contributed by atoms with Gasteiger partial charge in [-0.25, -0.2) is 9.37 Å². The lowest BCUT2D eigenvalue weighted by Gasteiger charge is -2.20. The topological polar surface area (TPSA) is 66.8 Å². The average Bonchev–Trinajstić information content (AvgIpc) is 3.40. The maximum absolute atomic E-state index is 13.1. The number of ether oxygens (including phenoxy) is 1. The second-order valence-corrected chi connectivity index (χ2v) is 9.15. The Balaban J connectivity index is 0.000000229. The predicted molar refractivity (Wildman–Crippen MR) is 138 cm³/mol. The van der Waals surface area contributed by atoms with E-state index in [1.54, 1.807) is 19.2 Å². The Morgan fingerprint density at radius 1 is 1.29 bits per heavy atom. The molecule has 34 heavy (non-hydrogen) atoms. The molecule has 1 N–H and O–H groups in total. The van der Waals surface area contributed by atoms with Gasteiger partial charge in [0.05, 0.1) is 28.4 Å². The summed E-state index contributed by atoms with van der Waals surface area (Å²) in [5.41, 5.74) is 4.09. The zero-order valence-corrected chi connectivity index (χ0v) is 20.7. The van der Waals surface area contributed by atoms with Crippen molar-refractivity contribution in [1.82, 2.24) is 9.88 Å². The summed E-state index contributed by atoms with van der Waals surface area (Å²) in [5.74, 6) is 0.448. The highest BCUT2D eigenvalue weighted by molar-refractivity contribution is 7.15. The first kappa shape index (κ1) is 25.1. The largest absolute Gasteiger partial charge is 0.497 e. The molecule has 6 nitrogen and oxygen atoms in total. The molecule has 4 rings (SSSR count). The van der Waals surface area contributed by atoms with Crippen LogP contribution in [0, 0.1) is 12.7 Å². The van der Waals surface area contributed by atoms with Crippen LogP contribution in [-0.4, -0.2) is 49.3 Å². The number of nitrogens with one attached hydrogen (secondary N) is 1. The van der Waals surface area contributed by atoms with Gasteiger partial charge in [-0.1, -0.05) is 24.3 Å². The third-order valence-corrected chi connectivity index (χ3v) is 6.48. The van der Waals surface area contributed by atoms with Gasteiger partial charge in [-0.2, -0.15) is 0 Å². The molecule has 1 saturated heterocycles. The number of hydrogen-bond donors (Lipinski definition) is 1. The van der Waals surface area contributed by atoms with Gasteiger partial charge in [-0.15, -0.1) is 11.3 Å². The summed E-state index contributed by atoms with van der Waals surface area (Å²) in [6.07, 6.45) is 0.834. The van der Waals surface area contributed by atoms with Gasteiger partial charge in [0.1, 0.15) is 17.3 Å². The van der Waals surface area contributed by atoms with E-state index in [0.29, 0.717) is 12.2 Å². The Morgan fingerprint density at radius 2 is 2.00 bits per heavy atom. The van der Waals surface area contributed by atoms with E-state index >= 15 is 0 Å². The number of hydrogen-bond acceptors (Lipinski definition) is 6. The fraction of sp³-hybridized carbons (Fsp3) is 0.269. The molecule has 1 amide bonds. The normalized spacial score (nSPS) is 14.9. The average molecular weight is 481 g/mol. The summed E-state index contributed by atoms with van der Waals surface area (Å²) in [5, 5.41) is 3.83. The SMILES string of the molecule is C=C1CC(C)N(C(=O)c2nc(C)sc2-c2ccc(F)cc2)C1.C=Nc1ccc(OC)cc1NC. The highest BCUT2D eigenvalue weighted by Crippen LogP contribution is 2.33. The van der Waals surface area contributed by atoms with Crippen molar-refractivity contribution in [3.8, 4) is 16.2 Å². The van der Waals surface area contributed by atoms with Crippen molar-refractivity contribution in [3.63, 3.8) is 0 Å². The number of aromatic nitrogens is 1. The standard InChI is InChI=1S/C17H17FN2OS.C9H12N2O/c1-10-8-11(2)20(9-10)17(21)15-16(22-12(3)19-15)13-4-6-14(18)7-5-13;1-10-8-5-4-7(12-3)6-9(8)11-2/h4-7,11H,1,8-9H2,2-3H3;4-6,11H,1H2,2-3H3. The van der Waals surface area contributed by atoms with E-state index in [1.807, 2.05) is 44.0 Å². The fourth-order valence-corrected chi connectivity index (χ4v) is 4.66. The molecule has 1 aliphatic rings. The van der Waals surface area contributed by atoms with Crippen LogP contribution in [0.3, 0.4) is 0 Å². The molecule has 178 valence electrons. The smallest absolute Gasteiger partial charge is 0.274 e. The summed E-state index contributed by atoms with van der Waals surface area (Å²) in [4.78, 5) is 23.7. The Bertz CT molecular complexity index is 1190. The number of carbonyl (C=O) groups excluding carboxylic acids is 1. The molecule has 2 heterocycles. The van der Waals surface area contributed by atoms with Crippen LogP contribution >= 0.6 is 11.3 Å². The molecule has 0 bridgehead atoms. The highest BCUT2D eigenvalue weighted by Gasteiger charge is 2.31. The summed E-state index contributed by atoms with van der Waals surface area (Å²) in [6, 6.07) is 11.9. The first-order valence-corrected chi connectivity index (χ1v) is 11.6. The quantitative estimate of drug-likeness (QED) is 0.353. The van der Waals surface area contributed by atoms with E-state index in [0.717, 1.165) is 44.6 Å². The van der Waals surface area contributed by atoms with Crippen LogP contribution in [0.15, 0.2) is 59.6 Å². The molecular weight excluding hydrogens is 451 g/mol. The number of benzene rings is 2. The van der Waals surface area contributed by atoms with E-state index < -0.39 is 0 Å². The minimum absolute atomic E-state index is 0.0742. The third kappa shape index (κ3) is 5.69. The molecule has 0 aliphatic carbocycles. The van der Waals surface area contributed by atoms with Crippen molar-refractivity contribution in [2.24, 2.45) is 4.99 Å². The van der Waals surface area contributed by atoms with Crippen LogP contribution in [-0.2, 0) is 0 Å². The monoisotopic (exact) mass is 480 g/mol. The van der Waals surface area contributed by atoms with E-state index in [1.165, 1.54) is 23.5 Å². The van der Waals surface area contributed by atoms with Gasteiger partial charge < -0.3 is 15.0 Å². The fourth-order valence-electron chi connectivity index (χ4n) is 3.75. The third-order valence-electron chi connectivity index (χ3n) is 5.46. The zero-order valence-electron chi connectivity index (χ0n) is 19.9. The Kier molecular flexibility index (Phi) is 8.17. The molecule has 1 fully saturated rings. The molecule has 1 aliphatic heterocycles. The van der Waals surface area contributed by atoms with Crippen molar-refractivity contribution in [1.29, 1.82) is 0 Å². The van der Waals surface area contributed by atoms with Crippen molar-refractivity contribution in [2.45, 2.75) is 26.3 Å². The minimum Gasteiger partial charge on any atom is -0.497 e. The maximum atomic E-state index is 13.1. The van der Waals surface area contributed by atoms with Gasteiger partial charge in [0, 0.05) is 25.7 Å². The zero-order chi connectivity index (χ0) is 24.8. The molecule has 8 heteroatoms. The summed E-state index contributed by atoms with van der Waals surface area (Å²) in [7, 11) is 3.47. The van der Waals surface area contributed by atoms with E-state index in [2.05, 4.69) is 28.6 Å². The van der Waals surface area contributed by atoms with Gasteiger partial charge in [0.2, 0.25) is 0 Å². The number of methoxy groups -OCH3 is 1. The first-order chi connectivity index (χ1) is 16.3. The molecule has 0 saturated carbocycles. The number of nitrogens with zero attached hydrogens (tertiary/aromatic N) is 3. The molecular formula is C26H29FN4O2S. The van der Waals surface area contributed by atoms with Crippen LogP contribution in [0.2, 0.25) is 0 Å². The van der Waals surface area contributed by atoms with E-state index in [4.69, 9.17) is 4.74 Å². The lowest BCUT2D eigenvalue weighted by molar-refractivity contribution is 0.0745. The molecule has 1 unspecified atom stereocenters. The second kappa shape index (κ2) is 11.1. The highest BCUT2D eigenvalue weighted by atomic mass is 32.1. The van der Waals surface area contributed by atoms with Gasteiger partial charge in [0.15, 0.2) is 0 Å². The van der Waals surface area contributed by atoms with Crippen LogP contribution in [0.1, 0.15) is 28.8 Å². The second-order valence-electron chi connectivity index (χ2n) is 7.94. The number of thiazole rings is 1. The van der Waals surface area contributed by atoms with Crippen LogP contribution < -0.4 is 10.1 Å². The number of rotatable bonds is 5. The predicted octanol–water partition coefficient (Wildman–Crippen LogP) is 6.12. The lowest BCUT2D eigenvalue weighted by atomic mass is 10.1. The number of aryl methyl sites for hydroxylation is 1. The molecule has 0 radical (unpaired) electrons. The number of amides is 1. The minimum atomic E-state index is -0.290. The van der Waals surface area contributed by atoms with Gasteiger partial charge in [0.25, 0.3) is 5.91 Å². The van der Waals surface area contributed by atoms with Crippen molar-refractivity contribution in [3.05, 3.63) is 71.1 Å². The van der Waals surface area contributed by atoms with Gasteiger partial charge in [-0.3, -0.25) is 9.79 Å². The van der Waals surface area contributed by atoms with Crippen LogP contribution in [0.25, 0.3) is 10.4 Å². The van der Waals surface area contributed by atoms with Gasteiger partial charge >= 0.3 is 0 Å². The summed E-state index contributed by atoms with van der Waals surface area (Å²) in [6.45, 7) is 11.9. The molecule has 1 atom stereocenters. The Labute approximate surface area is 203 Å². The number of carbonyl (C=O) groups is 1. The van der Waals surface area contributed by atoms with Gasteiger partial charge in [-0.05, 0) is 56.8 Å². The number of anilines is 1. The Morgan fingerprint density at radius 3 is 2.56 bits per heavy atom. The van der Waals surface area contributed by atoms with E-state index in [-0.39, 0.29) is 17.8 Å². The first-order valence-electron chi connectivity index (χ1n) is 10.8. The molecule has 2 aromatic carbocycles. The lowest BCUT2D eigenvalue weighted by Crippen LogP contribution is -2.34. The van der Waals surface area contributed by atoms with Crippen molar-refractivity contribution in [2.75, 3.05) is 26.0 Å². The molecule has 3 aromatic rings. The Hall–Kier alpha value is -3.52. The van der Waals surface area contributed by atoms with E-state index in [9.17, 15) is 9.18 Å². The van der Waals surface area contributed by atoms with Crippen molar-refractivity contribution < 1.29 is 13.9 Å². The molecule has 1 aromatic heterocycles. The van der Waals surface area contributed by atoms with Crippen LogP contribution in [0.4, 0.5) is 15.8 Å². The maximum Gasteiger partial charge on any atom is 0.274 e. The molecule has 0 spiro atoms. The van der Waals surface area contributed by atoms with Crippen LogP contribution in [0.5, 0.6) is 5.75 Å². The number of halogens is 1.